The third-order valence-corrected chi connectivity index (χ3v) is 2.04. The molecule has 0 saturated heterocycles. The Balaban J connectivity index is 3.00. The predicted octanol–water partition coefficient (Wildman–Crippen LogP) is -1.30. The van der Waals surface area contributed by atoms with Crippen LogP contribution >= 0.6 is 0 Å². The van der Waals surface area contributed by atoms with Gasteiger partial charge in [0.25, 0.3) is 5.96 Å². The van der Waals surface area contributed by atoms with Gasteiger partial charge in [-0.3, -0.25) is 0 Å². The van der Waals surface area contributed by atoms with Crippen LogP contribution in [0.2, 0.25) is 0 Å². The van der Waals surface area contributed by atoms with Gasteiger partial charge in [-0.25, -0.2) is 9.35 Å². The summed E-state index contributed by atoms with van der Waals surface area (Å²) in [6.45, 7) is 3.91. The molecule has 1 heterocycles. The standard InChI is InChI=1S/C6H13N5O4S/c1-4(2)3-11-6(8)9-5(7)10-14-16(12,13)15-11/h4H,3H2,1-2H3,(H4,7,8,9,10). The monoisotopic (exact) mass is 251 g/mol. The van der Waals surface area contributed by atoms with Gasteiger partial charge in [0, 0.05) is 0 Å². The number of oxime groups is 1. The van der Waals surface area contributed by atoms with Gasteiger partial charge in [0.2, 0.25) is 5.96 Å². The molecule has 0 radical (unpaired) electrons. The van der Waals surface area contributed by atoms with Crippen LogP contribution in [0.3, 0.4) is 0 Å². The molecule has 0 aromatic heterocycles. The predicted molar refractivity (Wildman–Crippen MR) is 55.9 cm³/mol. The van der Waals surface area contributed by atoms with E-state index in [9.17, 15) is 8.42 Å². The van der Waals surface area contributed by atoms with Crippen LogP contribution in [0.5, 0.6) is 0 Å². The van der Waals surface area contributed by atoms with Crippen LogP contribution in [0.25, 0.3) is 0 Å². The molecule has 0 fully saturated rings. The minimum Gasteiger partial charge on any atom is -0.368 e. The summed E-state index contributed by atoms with van der Waals surface area (Å²) < 4.78 is 30.9. The lowest BCUT2D eigenvalue weighted by molar-refractivity contribution is -0.00497. The van der Waals surface area contributed by atoms with Gasteiger partial charge in [0.15, 0.2) is 0 Å². The van der Waals surface area contributed by atoms with Crippen molar-refractivity contribution in [2.45, 2.75) is 13.8 Å². The average molecular weight is 251 g/mol. The first-order chi connectivity index (χ1) is 7.30. The summed E-state index contributed by atoms with van der Waals surface area (Å²) in [6, 6.07) is 0. The van der Waals surface area contributed by atoms with Crippen LogP contribution in [0.15, 0.2) is 10.1 Å². The summed E-state index contributed by atoms with van der Waals surface area (Å²) in [6.07, 6.45) is 0. The molecule has 0 amide bonds. The fraction of sp³-hybridized carbons (Fsp3) is 0.667. The normalized spacial score (nSPS) is 27.1. The molecule has 1 aliphatic rings. The molecule has 1 aliphatic heterocycles. The van der Waals surface area contributed by atoms with Crippen LogP contribution < -0.4 is 11.5 Å². The molecule has 92 valence electrons. The smallest absolute Gasteiger partial charge is 0.368 e. The van der Waals surface area contributed by atoms with E-state index in [1.807, 2.05) is 13.8 Å². The molecule has 0 aliphatic carbocycles. The van der Waals surface area contributed by atoms with Gasteiger partial charge in [0.1, 0.15) is 0 Å². The van der Waals surface area contributed by atoms with E-state index >= 15 is 0 Å². The number of nitrogens with zero attached hydrogens (tertiary/aromatic N) is 3. The van der Waals surface area contributed by atoms with Crippen molar-refractivity contribution in [1.82, 2.24) is 5.06 Å². The summed E-state index contributed by atoms with van der Waals surface area (Å²) >= 11 is 0. The number of aliphatic imine (C=N–C) groups is 1. The van der Waals surface area contributed by atoms with E-state index in [-0.39, 0.29) is 18.4 Å². The lowest BCUT2D eigenvalue weighted by Crippen LogP contribution is -2.43. The third kappa shape index (κ3) is 3.55. The van der Waals surface area contributed by atoms with Crippen LogP contribution in [-0.2, 0) is 19.0 Å². The zero-order chi connectivity index (χ0) is 12.3. The summed E-state index contributed by atoms with van der Waals surface area (Å²) in [5.74, 6) is -0.513. The summed E-state index contributed by atoms with van der Waals surface area (Å²) in [5, 5.41) is 3.86. The molecular weight excluding hydrogens is 238 g/mol. The van der Waals surface area contributed by atoms with E-state index in [1.165, 1.54) is 0 Å². The highest BCUT2D eigenvalue weighted by molar-refractivity contribution is 7.81. The Morgan fingerprint density at radius 3 is 2.62 bits per heavy atom. The molecule has 0 unspecified atom stereocenters. The maximum Gasteiger partial charge on any atom is 0.491 e. The largest absolute Gasteiger partial charge is 0.491 e. The Hall–Kier alpha value is -1.55. The highest BCUT2D eigenvalue weighted by Gasteiger charge is 2.24. The molecule has 0 saturated carbocycles. The van der Waals surface area contributed by atoms with E-state index in [0.717, 1.165) is 5.06 Å². The third-order valence-electron chi connectivity index (χ3n) is 1.42. The lowest BCUT2D eigenvalue weighted by atomic mass is 10.2. The van der Waals surface area contributed by atoms with Crippen molar-refractivity contribution < 1.29 is 17.0 Å². The van der Waals surface area contributed by atoms with Gasteiger partial charge in [-0.2, -0.15) is 13.4 Å². The van der Waals surface area contributed by atoms with Crippen LogP contribution in [-0.4, -0.2) is 31.9 Å². The Bertz CT molecular complexity index is 415. The fourth-order valence-corrected chi connectivity index (χ4v) is 1.45. The second kappa shape index (κ2) is 4.53. The Morgan fingerprint density at radius 2 is 2.06 bits per heavy atom. The molecule has 0 spiro atoms. The van der Waals surface area contributed by atoms with Gasteiger partial charge < -0.3 is 11.5 Å². The average Bonchev–Trinajstić information content (AvgIpc) is 2.11. The van der Waals surface area contributed by atoms with Gasteiger partial charge in [-0.1, -0.05) is 13.8 Å². The summed E-state index contributed by atoms with van der Waals surface area (Å²) in [7, 11) is -4.31. The van der Waals surface area contributed by atoms with E-state index in [4.69, 9.17) is 11.5 Å². The van der Waals surface area contributed by atoms with Gasteiger partial charge >= 0.3 is 10.4 Å². The Kier molecular flexibility index (Phi) is 3.55. The van der Waals surface area contributed by atoms with Crippen molar-refractivity contribution in [1.29, 1.82) is 0 Å². The number of hydrogen-bond donors (Lipinski definition) is 2. The Morgan fingerprint density at radius 1 is 1.44 bits per heavy atom. The molecule has 9 nitrogen and oxygen atoms in total. The van der Waals surface area contributed by atoms with Crippen molar-refractivity contribution in [3.8, 4) is 0 Å². The SMILES string of the molecule is CC(C)CN1OS(=O)(=O)O/N=C(N)\N=C/1N. The van der Waals surface area contributed by atoms with E-state index in [2.05, 4.69) is 18.7 Å². The highest BCUT2D eigenvalue weighted by Crippen LogP contribution is 2.07. The van der Waals surface area contributed by atoms with Crippen LogP contribution in [0.1, 0.15) is 13.8 Å². The second-order valence-electron chi connectivity index (χ2n) is 3.43. The molecule has 0 bridgehead atoms. The van der Waals surface area contributed by atoms with Gasteiger partial charge in [-0.15, -0.1) is 4.28 Å². The zero-order valence-corrected chi connectivity index (χ0v) is 9.64. The summed E-state index contributed by atoms with van der Waals surface area (Å²) in [5.41, 5.74) is 10.7. The van der Waals surface area contributed by atoms with Gasteiger partial charge in [0.05, 0.1) is 6.54 Å². The quantitative estimate of drug-likeness (QED) is 0.622. The molecule has 0 atom stereocenters. The van der Waals surface area contributed by atoms with Crippen molar-refractivity contribution in [2.24, 2.45) is 27.5 Å². The number of rotatable bonds is 2. The molecule has 0 aromatic carbocycles. The Labute approximate surface area is 93.0 Å². The van der Waals surface area contributed by atoms with Gasteiger partial charge in [-0.05, 0) is 11.1 Å². The first-order valence-corrected chi connectivity index (χ1v) is 5.72. The molecule has 16 heavy (non-hydrogen) atoms. The first-order valence-electron chi connectivity index (χ1n) is 4.38. The topological polar surface area (TPSA) is 133 Å². The number of hydroxylamine groups is 2. The minimum atomic E-state index is -4.31. The van der Waals surface area contributed by atoms with Crippen LogP contribution in [0.4, 0.5) is 0 Å². The lowest BCUT2D eigenvalue weighted by Gasteiger charge is -2.23. The number of guanidine groups is 2. The van der Waals surface area contributed by atoms with E-state index in [1.54, 1.807) is 0 Å². The zero-order valence-electron chi connectivity index (χ0n) is 8.82. The molecule has 10 heteroatoms. The summed E-state index contributed by atoms with van der Waals surface area (Å²) in [4.78, 5) is 3.57. The second-order valence-corrected chi connectivity index (χ2v) is 4.55. The van der Waals surface area contributed by atoms with E-state index < -0.39 is 16.4 Å². The van der Waals surface area contributed by atoms with Crippen molar-refractivity contribution in [3.05, 3.63) is 0 Å². The van der Waals surface area contributed by atoms with Crippen molar-refractivity contribution >= 4 is 22.3 Å². The van der Waals surface area contributed by atoms with Crippen LogP contribution in [0, 0.1) is 5.92 Å². The highest BCUT2D eigenvalue weighted by atomic mass is 32.3. The maximum atomic E-state index is 11.1. The van der Waals surface area contributed by atoms with Crippen molar-refractivity contribution in [2.75, 3.05) is 6.54 Å². The molecule has 0 aromatic rings. The number of nitrogens with two attached hydrogens (primary N) is 2. The van der Waals surface area contributed by atoms with Crippen molar-refractivity contribution in [3.63, 3.8) is 0 Å². The molecule has 1 rings (SSSR count). The van der Waals surface area contributed by atoms with E-state index in [0.29, 0.717) is 0 Å². The molecule has 4 N–H and O–H groups in total. The maximum absolute atomic E-state index is 11.1. The minimum absolute atomic E-state index is 0.0986. The first kappa shape index (κ1) is 12.5. The molecular formula is C6H13N5O4S. The fourth-order valence-electron chi connectivity index (χ4n) is 0.895. The number of hydrogen-bond acceptors (Lipinski definition) is 9.